The summed E-state index contributed by atoms with van der Waals surface area (Å²) in [5, 5.41) is 10.5. The largest absolute Gasteiger partial charge is 0.545 e. The van der Waals surface area contributed by atoms with Crippen molar-refractivity contribution < 1.29 is 27.8 Å². The summed E-state index contributed by atoms with van der Waals surface area (Å²) in [6.07, 6.45) is 0.763. The Morgan fingerprint density at radius 3 is 2.80 bits per heavy atom. The van der Waals surface area contributed by atoms with Crippen LogP contribution in [0.15, 0.2) is 18.2 Å². The van der Waals surface area contributed by atoms with Crippen molar-refractivity contribution in [2.75, 3.05) is 6.61 Å². The number of halogens is 3. The maximum Gasteiger partial charge on any atom is 0.248 e. The van der Waals surface area contributed by atoms with Gasteiger partial charge in [0.1, 0.15) is 11.6 Å². The number of carbonyl (C=O) groups excluding carboxylic acids is 1. The van der Waals surface area contributed by atoms with Gasteiger partial charge in [-0.1, -0.05) is 0 Å². The molecule has 1 fully saturated rings. The van der Waals surface area contributed by atoms with Crippen molar-refractivity contribution in [2.45, 2.75) is 31.6 Å². The zero-order valence-electron chi connectivity index (χ0n) is 10.7. The van der Waals surface area contributed by atoms with Crippen LogP contribution in [0.4, 0.5) is 13.2 Å². The summed E-state index contributed by atoms with van der Waals surface area (Å²) in [7, 11) is 0. The molecule has 1 aliphatic rings. The molecule has 0 N–H and O–H groups in total. The molecule has 0 bridgehead atoms. The standard InChI is InChI=1S/C14H15F3O3/c15-12-6-10(3-4-11(12)13(18)19)20-8-9-2-1-5-14(16,17)7-9/h3-4,6,9H,1-2,5,7-8H2,(H,18,19)/p-1. The molecule has 0 aromatic heterocycles. The van der Waals surface area contributed by atoms with Crippen LogP contribution in [-0.2, 0) is 0 Å². The van der Waals surface area contributed by atoms with E-state index in [-0.39, 0.29) is 31.1 Å². The Bertz CT molecular complexity index is 502. The summed E-state index contributed by atoms with van der Waals surface area (Å²) in [4.78, 5) is 10.5. The van der Waals surface area contributed by atoms with Crippen molar-refractivity contribution in [3.8, 4) is 5.75 Å². The van der Waals surface area contributed by atoms with Gasteiger partial charge in [0.2, 0.25) is 5.92 Å². The first-order valence-corrected chi connectivity index (χ1v) is 6.39. The minimum Gasteiger partial charge on any atom is -0.545 e. The van der Waals surface area contributed by atoms with E-state index in [0.29, 0.717) is 12.8 Å². The second-order valence-electron chi connectivity index (χ2n) is 5.06. The fourth-order valence-electron chi connectivity index (χ4n) is 2.38. The van der Waals surface area contributed by atoms with Gasteiger partial charge in [0, 0.05) is 24.5 Å². The van der Waals surface area contributed by atoms with Gasteiger partial charge in [-0.25, -0.2) is 13.2 Å². The number of hydrogen-bond acceptors (Lipinski definition) is 3. The number of alkyl halides is 2. The summed E-state index contributed by atoms with van der Waals surface area (Å²) in [6.45, 7) is 0.0691. The molecule has 0 aliphatic heterocycles. The van der Waals surface area contributed by atoms with Crippen LogP contribution in [-0.4, -0.2) is 18.5 Å². The smallest absolute Gasteiger partial charge is 0.248 e. The highest BCUT2D eigenvalue weighted by molar-refractivity contribution is 5.86. The Morgan fingerprint density at radius 2 is 2.20 bits per heavy atom. The molecule has 1 aromatic carbocycles. The maximum atomic E-state index is 13.4. The van der Waals surface area contributed by atoms with Crippen molar-refractivity contribution in [3.63, 3.8) is 0 Å². The molecule has 2 rings (SSSR count). The van der Waals surface area contributed by atoms with E-state index in [4.69, 9.17) is 4.74 Å². The number of carbonyl (C=O) groups is 1. The minimum absolute atomic E-state index is 0.0691. The van der Waals surface area contributed by atoms with E-state index in [9.17, 15) is 23.1 Å². The van der Waals surface area contributed by atoms with Crippen LogP contribution in [0.1, 0.15) is 36.0 Å². The van der Waals surface area contributed by atoms with Crippen molar-refractivity contribution in [1.82, 2.24) is 0 Å². The number of rotatable bonds is 4. The molecule has 0 spiro atoms. The van der Waals surface area contributed by atoms with E-state index in [0.717, 1.165) is 12.1 Å². The molecule has 0 saturated heterocycles. The second kappa shape index (κ2) is 5.73. The van der Waals surface area contributed by atoms with Crippen LogP contribution in [0.2, 0.25) is 0 Å². The lowest BCUT2D eigenvalue weighted by Gasteiger charge is -2.28. The molecule has 1 unspecified atom stereocenters. The number of hydrogen-bond donors (Lipinski definition) is 0. The van der Waals surface area contributed by atoms with Crippen LogP contribution in [0.3, 0.4) is 0 Å². The van der Waals surface area contributed by atoms with Crippen molar-refractivity contribution >= 4 is 5.97 Å². The lowest BCUT2D eigenvalue weighted by molar-refractivity contribution is -0.255. The molecule has 0 heterocycles. The fourth-order valence-corrected chi connectivity index (χ4v) is 2.38. The van der Waals surface area contributed by atoms with Crippen LogP contribution in [0.25, 0.3) is 0 Å². The molecule has 110 valence electrons. The fraction of sp³-hybridized carbons (Fsp3) is 0.500. The molecule has 1 atom stereocenters. The third kappa shape index (κ3) is 3.65. The van der Waals surface area contributed by atoms with Crippen LogP contribution in [0.5, 0.6) is 5.75 Å². The molecule has 0 radical (unpaired) electrons. The molecule has 1 aliphatic carbocycles. The van der Waals surface area contributed by atoms with Gasteiger partial charge in [-0.15, -0.1) is 0 Å². The molecule has 1 aromatic rings. The Balaban J connectivity index is 1.94. The lowest BCUT2D eigenvalue weighted by atomic mass is 9.87. The first-order valence-electron chi connectivity index (χ1n) is 6.39. The Hall–Kier alpha value is -1.72. The maximum absolute atomic E-state index is 13.4. The molecular weight excluding hydrogens is 273 g/mol. The Kier molecular flexibility index (Phi) is 4.20. The van der Waals surface area contributed by atoms with E-state index in [1.807, 2.05) is 0 Å². The van der Waals surface area contributed by atoms with Crippen LogP contribution < -0.4 is 9.84 Å². The van der Waals surface area contributed by atoms with E-state index in [1.54, 1.807) is 0 Å². The van der Waals surface area contributed by atoms with Gasteiger partial charge in [-0.05, 0) is 30.9 Å². The topological polar surface area (TPSA) is 49.4 Å². The zero-order valence-corrected chi connectivity index (χ0v) is 10.7. The quantitative estimate of drug-likeness (QED) is 0.854. The number of ether oxygens (including phenoxy) is 1. The first kappa shape index (κ1) is 14.7. The normalized spacial score (nSPS) is 21.4. The summed E-state index contributed by atoms with van der Waals surface area (Å²) in [6, 6.07) is 3.25. The Labute approximate surface area is 114 Å². The summed E-state index contributed by atoms with van der Waals surface area (Å²) >= 11 is 0. The summed E-state index contributed by atoms with van der Waals surface area (Å²) in [5.41, 5.74) is -0.554. The first-order chi connectivity index (χ1) is 9.37. The van der Waals surface area contributed by atoms with E-state index >= 15 is 0 Å². The summed E-state index contributed by atoms with van der Waals surface area (Å²) < 4.78 is 45.0. The van der Waals surface area contributed by atoms with E-state index in [2.05, 4.69) is 0 Å². The van der Waals surface area contributed by atoms with Gasteiger partial charge in [0.05, 0.1) is 12.6 Å². The molecular formula is C14H14F3O3-. The average Bonchev–Trinajstić information content (AvgIpc) is 2.35. The van der Waals surface area contributed by atoms with Gasteiger partial charge < -0.3 is 14.6 Å². The van der Waals surface area contributed by atoms with Gasteiger partial charge in [0.25, 0.3) is 0 Å². The van der Waals surface area contributed by atoms with Crippen molar-refractivity contribution in [2.24, 2.45) is 5.92 Å². The minimum atomic E-state index is -2.66. The van der Waals surface area contributed by atoms with Gasteiger partial charge >= 0.3 is 0 Å². The highest BCUT2D eigenvalue weighted by Gasteiger charge is 2.36. The monoisotopic (exact) mass is 287 g/mol. The number of carboxylic acids is 1. The number of aromatic carboxylic acids is 1. The lowest BCUT2D eigenvalue weighted by Crippen LogP contribution is -2.29. The molecule has 0 amide bonds. The van der Waals surface area contributed by atoms with Gasteiger partial charge in [-0.3, -0.25) is 0 Å². The second-order valence-corrected chi connectivity index (χ2v) is 5.06. The van der Waals surface area contributed by atoms with Gasteiger partial charge in [-0.2, -0.15) is 0 Å². The highest BCUT2D eigenvalue weighted by atomic mass is 19.3. The molecule has 20 heavy (non-hydrogen) atoms. The molecule has 6 heteroatoms. The SMILES string of the molecule is O=C([O-])c1ccc(OCC2CCCC(F)(F)C2)cc1F. The predicted octanol–water partition coefficient (Wildman–Crippen LogP) is 2.39. The average molecular weight is 287 g/mol. The third-order valence-corrected chi connectivity index (χ3v) is 3.39. The van der Waals surface area contributed by atoms with E-state index in [1.165, 1.54) is 6.07 Å². The molecule has 3 nitrogen and oxygen atoms in total. The molecule has 1 saturated carbocycles. The van der Waals surface area contributed by atoms with Crippen molar-refractivity contribution in [3.05, 3.63) is 29.6 Å². The highest BCUT2D eigenvalue weighted by Crippen LogP contribution is 2.36. The van der Waals surface area contributed by atoms with Gasteiger partial charge in [0.15, 0.2) is 0 Å². The van der Waals surface area contributed by atoms with Crippen LogP contribution >= 0.6 is 0 Å². The third-order valence-electron chi connectivity index (χ3n) is 3.39. The van der Waals surface area contributed by atoms with Crippen molar-refractivity contribution in [1.29, 1.82) is 0 Å². The number of carboxylic acid groups (broad SMARTS) is 1. The predicted molar refractivity (Wildman–Crippen MR) is 63.1 cm³/mol. The zero-order chi connectivity index (χ0) is 14.8. The number of benzene rings is 1. The summed E-state index contributed by atoms with van der Waals surface area (Å²) in [5.74, 6) is -5.38. The Morgan fingerprint density at radius 1 is 1.45 bits per heavy atom. The van der Waals surface area contributed by atoms with Crippen LogP contribution in [0, 0.1) is 11.7 Å². The van der Waals surface area contributed by atoms with E-state index < -0.39 is 23.3 Å².